The van der Waals surface area contributed by atoms with Gasteiger partial charge in [-0.25, -0.2) is 9.37 Å². The third-order valence-corrected chi connectivity index (χ3v) is 3.33. The summed E-state index contributed by atoms with van der Waals surface area (Å²) in [6.45, 7) is 0.464. The summed E-state index contributed by atoms with van der Waals surface area (Å²) in [7, 11) is 0. The number of halogens is 1. The molecule has 0 aliphatic carbocycles. The summed E-state index contributed by atoms with van der Waals surface area (Å²) in [5.74, 6) is 0.206. The molecule has 24 heavy (non-hydrogen) atoms. The molecule has 0 radical (unpaired) electrons. The van der Waals surface area contributed by atoms with E-state index in [-0.39, 0.29) is 5.91 Å². The molecular weight excluding hydrogens is 307 g/mol. The fourth-order valence-corrected chi connectivity index (χ4v) is 2.08. The molecule has 0 atom stereocenters. The summed E-state index contributed by atoms with van der Waals surface area (Å²) >= 11 is 0. The molecule has 0 saturated carbocycles. The highest BCUT2D eigenvalue weighted by molar-refractivity contribution is 6.03. The van der Waals surface area contributed by atoms with Gasteiger partial charge < -0.3 is 10.1 Å². The first-order chi connectivity index (χ1) is 11.7. The number of nitrogens with zero attached hydrogens (tertiary/aromatic N) is 1. The molecule has 5 heteroatoms. The van der Waals surface area contributed by atoms with E-state index in [0.717, 1.165) is 11.8 Å². The molecule has 1 N–H and O–H groups in total. The van der Waals surface area contributed by atoms with Crippen molar-refractivity contribution in [2.24, 2.45) is 0 Å². The molecule has 3 rings (SSSR count). The number of ether oxygens (including phenoxy) is 1. The number of hydrogen-bond acceptors (Lipinski definition) is 3. The number of carbonyl (C=O) groups is 1. The lowest BCUT2D eigenvalue weighted by atomic mass is 10.2. The molecule has 0 spiro atoms. The maximum absolute atomic E-state index is 12.8. The number of aromatic nitrogens is 1. The summed E-state index contributed by atoms with van der Waals surface area (Å²) in [6, 6.07) is 19.3. The molecule has 1 heterocycles. The largest absolute Gasteiger partial charge is 0.489 e. The van der Waals surface area contributed by atoms with Crippen LogP contribution < -0.4 is 10.1 Å². The van der Waals surface area contributed by atoms with E-state index in [0.29, 0.717) is 23.7 Å². The van der Waals surface area contributed by atoms with Gasteiger partial charge in [-0.3, -0.25) is 4.79 Å². The average Bonchev–Trinajstić information content (AvgIpc) is 2.63. The molecule has 0 aliphatic heterocycles. The molecule has 0 bridgehead atoms. The van der Waals surface area contributed by atoms with E-state index in [1.54, 1.807) is 24.3 Å². The Labute approximate surface area is 138 Å². The van der Waals surface area contributed by atoms with E-state index < -0.39 is 5.82 Å². The molecule has 0 fully saturated rings. The van der Waals surface area contributed by atoms with Crippen LogP contribution in [0.25, 0.3) is 0 Å². The Morgan fingerprint density at radius 3 is 2.42 bits per heavy atom. The van der Waals surface area contributed by atoms with Crippen molar-refractivity contribution in [2.75, 3.05) is 5.32 Å². The minimum absolute atomic E-state index is 0.297. The highest BCUT2D eigenvalue weighted by Gasteiger charge is 2.07. The second-order valence-corrected chi connectivity index (χ2v) is 5.11. The first-order valence-electron chi connectivity index (χ1n) is 7.40. The number of rotatable bonds is 5. The van der Waals surface area contributed by atoms with Gasteiger partial charge in [0.25, 0.3) is 5.91 Å². The molecule has 4 nitrogen and oxygen atoms in total. The molecule has 0 unspecified atom stereocenters. The van der Waals surface area contributed by atoms with E-state index in [1.165, 1.54) is 12.1 Å². The van der Waals surface area contributed by atoms with Crippen molar-refractivity contribution in [3.8, 4) is 5.75 Å². The summed E-state index contributed by atoms with van der Waals surface area (Å²) in [4.78, 5) is 15.9. The van der Waals surface area contributed by atoms with Gasteiger partial charge in [0.05, 0.1) is 6.20 Å². The van der Waals surface area contributed by atoms with Crippen LogP contribution in [0.15, 0.2) is 72.9 Å². The second kappa shape index (κ2) is 7.37. The third-order valence-electron chi connectivity index (χ3n) is 3.33. The minimum atomic E-state index is -0.451. The smallest absolute Gasteiger partial charge is 0.256 e. The van der Waals surface area contributed by atoms with E-state index in [9.17, 15) is 9.18 Å². The van der Waals surface area contributed by atoms with Gasteiger partial charge in [-0.1, -0.05) is 30.3 Å². The van der Waals surface area contributed by atoms with Crippen LogP contribution in [0.4, 0.5) is 10.2 Å². The lowest BCUT2D eigenvalue weighted by Crippen LogP contribution is -2.12. The first-order valence-corrected chi connectivity index (χ1v) is 7.40. The van der Waals surface area contributed by atoms with Crippen molar-refractivity contribution < 1.29 is 13.9 Å². The fourth-order valence-electron chi connectivity index (χ4n) is 2.08. The van der Waals surface area contributed by atoms with Gasteiger partial charge >= 0.3 is 0 Å². The lowest BCUT2D eigenvalue weighted by Gasteiger charge is -2.08. The molecular formula is C19H15FN2O2. The Bertz CT molecular complexity index is 803. The monoisotopic (exact) mass is 322 g/mol. The quantitative estimate of drug-likeness (QED) is 0.771. The topological polar surface area (TPSA) is 51.2 Å². The summed E-state index contributed by atoms with van der Waals surface area (Å²) in [5, 5.41) is 2.61. The van der Waals surface area contributed by atoms with Gasteiger partial charge in [-0.2, -0.15) is 0 Å². The second-order valence-electron chi connectivity index (χ2n) is 5.11. The molecule has 2 aromatic carbocycles. The number of anilines is 1. The third kappa shape index (κ3) is 4.16. The summed E-state index contributed by atoms with van der Waals surface area (Å²) < 4.78 is 18.5. The SMILES string of the molecule is O=C(Nc1ccc(F)cn1)c1ccc(OCc2ccccc2)cc1. The van der Waals surface area contributed by atoms with Gasteiger partial charge in [0.1, 0.15) is 24.0 Å². The molecule has 3 aromatic rings. The Kier molecular flexibility index (Phi) is 4.81. The molecule has 1 amide bonds. The van der Waals surface area contributed by atoms with Crippen molar-refractivity contribution in [1.29, 1.82) is 0 Å². The highest BCUT2D eigenvalue weighted by atomic mass is 19.1. The fraction of sp³-hybridized carbons (Fsp3) is 0.0526. The average molecular weight is 322 g/mol. The predicted octanol–water partition coefficient (Wildman–Crippen LogP) is 4.05. The Balaban J connectivity index is 1.59. The van der Waals surface area contributed by atoms with Crippen LogP contribution in [0.5, 0.6) is 5.75 Å². The van der Waals surface area contributed by atoms with Crippen LogP contribution in [0.3, 0.4) is 0 Å². The number of pyridine rings is 1. The number of carbonyl (C=O) groups excluding carboxylic acids is 1. The van der Waals surface area contributed by atoms with Crippen LogP contribution in [-0.2, 0) is 6.61 Å². The van der Waals surface area contributed by atoms with Crippen LogP contribution >= 0.6 is 0 Å². The Morgan fingerprint density at radius 2 is 1.75 bits per heavy atom. The van der Waals surface area contributed by atoms with Crippen LogP contribution in [0.1, 0.15) is 15.9 Å². The van der Waals surface area contributed by atoms with E-state index >= 15 is 0 Å². The van der Waals surface area contributed by atoms with Crippen molar-refractivity contribution in [1.82, 2.24) is 4.98 Å². The van der Waals surface area contributed by atoms with Crippen LogP contribution in [-0.4, -0.2) is 10.9 Å². The first kappa shape index (κ1) is 15.7. The van der Waals surface area contributed by atoms with Crippen molar-refractivity contribution >= 4 is 11.7 Å². The Morgan fingerprint density at radius 1 is 1.00 bits per heavy atom. The van der Waals surface area contributed by atoms with Gasteiger partial charge in [-0.05, 0) is 42.0 Å². The van der Waals surface area contributed by atoms with Crippen molar-refractivity contribution in [3.63, 3.8) is 0 Å². The Hall–Kier alpha value is -3.21. The molecule has 0 saturated heterocycles. The zero-order valence-corrected chi connectivity index (χ0v) is 12.8. The number of benzene rings is 2. The van der Waals surface area contributed by atoms with Gasteiger partial charge in [0.15, 0.2) is 0 Å². The van der Waals surface area contributed by atoms with Crippen LogP contribution in [0, 0.1) is 5.82 Å². The van der Waals surface area contributed by atoms with Gasteiger partial charge in [0.2, 0.25) is 0 Å². The lowest BCUT2D eigenvalue weighted by molar-refractivity contribution is 0.102. The maximum Gasteiger partial charge on any atom is 0.256 e. The van der Waals surface area contributed by atoms with Crippen molar-refractivity contribution in [3.05, 3.63) is 89.9 Å². The molecule has 120 valence electrons. The van der Waals surface area contributed by atoms with Crippen LogP contribution in [0.2, 0.25) is 0 Å². The summed E-state index contributed by atoms with van der Waals surface area (Å²) in [6.07, 6.45) is 1.05. The normalized spacial score (nSPS) is 10.2. The highest BCUT2D eigenvalue weighted by Crippen LogP contribution is 2.15. The van der Waals surface area contributed by atoms with Gasteiger partial charge in [-0.15, -0.1) is 0 Å². The standard InChI is InChI=1S/C19H15FN2O2/c20-16-8-11-18(21-12-16)22-19(23)15-6-9-17(10-7-15)24-13-14-4-2-1-3-5-14/h1-12H,13H2,(H,21,22,23). The van der Waals surface area contributed by atoms with Gasteiger partial charge in [0, 0.05) is 5.56 Å². The number of nitrogens with one attached hydrogen (secondary N) is 1. The molecule has 1 aromatic heterocycles. The minimum Gasteiger partial charge on any atom is -0.489 e. The number of hydrogen-bond donors (Lipinski definition) is 1. The van der Waals surface area contributed by atoms with E-state index in [4.69, 9.17) is 4.74 Å². The van der Waals surface area contributed by atoms with E-state index in [1.807, 2.05) is 30.3 Å². The number of amides is 1. The zero-order valence-electron chi connectivity index (χ0n) is 12.8. The molecule has 0 aliphatic rings. The predicted molar refractivity (Wildman–Crippen MR) is 89.4 cm³/mol. The zero-order chi connectivity index (χ0) is 16.8. The summed E-state index contributed by atoms with van der Waals surface area (Å²) in [5.41, 5.74) is 1.54. The maximum atomic E-state index is 12.8. The van der Waals surface area contributed by atoms with Crippen molar-refractivity contribution in [2.45, 2.75) is 6.61 Å². The van der Waals surface area contributed by atoms with E-state index in [2.05, 4.69) is 10.3 Å².